The van der Waals surface area contributed by atoms with E-state index < -0.39 is 4.65 Å². The molecule has 0 aromatic heterocycles. The number of para-hydroxylation sites is 1. The van der Waals surface area contributed by atoms with E-state index in [1.54, 1.807) is 18.2 Å². The van der Waals surface area contributed by atoms with E-state index in [1.807, 2.05) is 30.3 Å². The molecular formula is C13H9N2O. The van der Waals surface area contributed by atoms with Crippen molar-refractivity contribution in [2.24, 2.45) is 4.99 Å². The molecule has 0 spiro atoms. The molecule has 1 radical (unpaired) electrons. The molecule has 0 saturated heterocycles. The molecule has 16 heavy (non-hydrogen) atoms. The van der Waals surface area contributed by atoms with Crippen LogP contribution >= 0.6 is 0 Å². The molecule has 2 aromatic carbocycles. The van der Waals surface area contributed by atoms with Crippen LogP contribution in [0.1, 0.15) is 0 Å². The number of aliphatic imine (C=N–C) groups is 1. The number of rotatable bonds is 1. The van der Waals surface area contributed by atoms with E-state index in [9.17, 15) is 5.21 Å². The first kappa shape index (κ1) is 9.27. The maximum Gasteiger partial charge on any atom is 0.201 e. The van der Waals surface area contributed by atoms with Gasteiger partial charge in [-0.1, -0.05) is 18.2 Å². The lowest BCUT2D eigenvalue weighted by molar-refractivity contribution is 0.777. The van der Waals surface area contributed by atoms with Crippen molar-refractivity contribution in [3.8, 4) is 0 Å². The van der Waals surface area contributed by atoms with Gasteiger partial charge >= 0.3 is 0 Å². The molecule has 1 aliphatic heterocycles. The number of hydroxylamine groups is 1. The molecule has 0 amide bonds. The zero-order chi connectivity index (χ0) is 11.0. The van der Waals surface area contributed by atoms with Gasteiger partial charge < -0.3 is 5.21 Å². The summed E-state index contributed by atoms with van der Waals surface area (Å²) in [6.45, 7) is 0. The number of benzene rings is 2. The highest BCUT2D eigenvalue weighted by Gasteiger charge is 2.29. The van der Waals surface area contributed by atoms with Crippen molar-refractivity contribution < 1.29 is 0 Å². The fourth-order valence-corrected chi connectivity index (χ4v) is 1.86. The molecule has 0 fully saturated rings. The Bertz CT molecular complexity index is 551. The summed E-state index contributed by atoms with van der Waals surface area (Å²) in [5.41, 5.74) is 2.00. The molecule has 77 valence electrons. The third-order valence-electron chi connectivity index (χ3n) is 2.68. The highest BCUT2D eigenvalue weighted by Crippen LogP contribution is 2.42. The summed E-state index contributed by atoms with van der Waals surface area (Å²) in [5, 5.41) is 12.7. The predicted octanol–water partition coefficient (Wildman–Crippen LogP) is 3.30. The Morgan fingerprint density at radius 3 is 2.75 bits per heavy atom. The van der Waals surface area contributed by atoms with Gasteiger partial charge in [0.05, 0.1) is 0 Å². The first-order chi connectivity index (χ1) is 7.81. The van der Waals surface area contributed by atoms with Crippen LogP contribution in [0.3, 0.4) is 0 Å². The van der Waals surface area contributed by atoms with Crippen LogP contribution < -0.4 is 4.65 Å². The summed E-state index contributed by atoms with van der Waals surface area (Å²) < 4.78 is -0.620. The van der Waals surface area contributed by atoms with Gasteiger partial charge in [-0.3, -0.25) is 4.65 Å². The maximum atomic E-state index is 12.7. The Hall–Kier alpha value is -1.97. The van der Waals surface area contributed by atoms with Crippen LogP contribution in [0.15, 0.2) is 53.5 Å². The third kappa shape index (κ3) is 1.19. The topological polar surface area (TPSA) is 35.4 Å². The van der Waals surface area contributed by atoms with Crippen molar-refractivity contribution in [3.05, 3.63) is 59.8 Å². The number of hydrogen-bond acceptors (Lipinski definition) is 2. The average molecular weight is 209 g/mol. The van der Waals surface area contributed by atoms with Gasteiger partial charge in [-0.05, 0) is 18.2 Å². The fraction of sp³-hybridized carbons (Fsp3) is 0. The van der Waals surface area contributed by atoms with E-state index >= 15 is 0 Å². The SMILES string of the molecule is [O-][N+]1(c2ccccc2)C=Nc2c[c]ccc21. The van der Waals surface area contributed by atoms with Crippen LogP contribution in [0.2, 0.25) is 0 Å². The highest BCUT2D eigenvalue weighted by molar-refractivity contribution is 5.95. The summed E-state index contributed by atoms with van der Waals surface area (Å²) in [7, 11) is 0. The van der Waals surface area contributed by atoms with Crippen molar-refractivity contribution in [3.63, 3.8) is 0 Å². The first-order valence-corrected chi connectivity index (χ1v) is 5.02. The lowest BCUT2D eigenvalue weighted by Gasteiger charge is -2.33. The van der Waals surface area contributed by atoms with E-state index in [1.165, 1.54) is 6.34 Å². The fourth-order valence-electron chi connectivity index (χ4n) is 1.86. The molecule has 3 rings (SSSR count). The smallest absolute Gasteiger partial charge is 0.201 e. The Morgan fingerprint density at radius 1 is 1.12 bits per heavy atom. The molecule has 3 heteroatoms. The molecule has 1 aliphatic rings. The minimum Gasteiger partial charge on any atom is -0.616 e. The molecule has 0 N–H and O–H groups in total. The standard InChI is InChI=1S/C13H9N2O/c16-15(11-6-2-1-3-7-11)10-14-12-8-4-5-9-13(12)15/h1-3,5-10H. The summed E-state index contributed by atoms with van der Waals surface area (Å²) in [6.07, 6.45) is 1.41. The molecule has 1 unspecified atom stereocenters. The second-order valence-corrected chi connectivity index (χ2v) is 3.65. The number of quaternary nitrogens is 1. The van der Waals surface area contributed by atoms with Crippen LogP contribution in [0, 0.1) is 11.3 Å². The molecule has 0 bridgehead atoms. The van der Waals surface area contributed by atoms with E-state index in [-0.39, 0.29) is 0 Å². The lowest BCUT2D eigenvalue weighted by atomic mass is 10.2. The predicted molar refractivity (Wildman–Crippen MR) is 64.7 cm³/mol. The molecule has 3 nitrogen and oxygen atoms in total. The quantitative estimate of drug-likeness (QED) is 0.524. The van der Waals surface area contributed by atoms with Crippen LogP contribution in [0.4, 0.5) is 17.1 Å². The first-order valence-electron chi connectivity index (χ1n) is 5.02. The average Bonchev–Trinajstić information content (AvgIpc) is 2.71. The summed E-state index contributed by atoms with van der Waals surface area (Å²) in [6, 6.07) is 17.4. The third-order valence-corrected chi connectivity index (χ3v) is 2.68. The van der Waals surface area contributed by atoms with Crippen LogP contribution in [-0.2, 0) is 0 Å². The largest absolute Gasteiger partial charge is 0.616 e. The maximum absolute atomic E-state index is 12.7. The van der Waals surface area contributed by atoms with Crippen molar-refractivity contribution in [1.29, 1.82) is 0 Å². The van der Waals surface area contributed by atoms with Crippen molar-refractivity contribution in [2.75, 3.05) is 0 Å². The Morgan fingerprint density at radius 2 is 1.94 bits per heavy atom. The summed E-state index contributed by atoms with van der Waals surface area (Å²) in [4.78, 5) is 4.13. The number of fused-ring (bicyclic) bond motifs is 1. The van der Waals surface area contributed by atoms with Gasteiger partial charge in [0.25, 0.3) is 0 Å². The molecule has 1 atom stereocenters. The van der Waals surface area contributed by atoms with Crippen LogP contribution in [-0.4, -0.2) is 6.34 Å². The van der Waals surface area contributed by atoms with E-state index in [4.69, 9.17) is 0 Å². The summed E-state index contributed by atoms with van der Waals surface area (Å²) in [5.74, 6) is 0. The normalized spacial score (nSPS) is 22.1. The van der Waals surface area contributed by atoms with Gasteiger partial charge in [0.1, 0.15) is 11.4 Å². The van der Waals surface area contributed by atoms with Gasteiger partial charge in [-0.15, -0.1) is 0 Å². The minimum absolute atomic E-state index is 0.620. The Labute approximate surface area is 93.5 Å². The van der Waals surface area contributed by atoms with Gasteiger partial charge in [0.2, 0.25) is 6.34 Å². The van der Waals surface area contributed by atoms with Gasteiger partial charge in [-0.2, -0.15) is 4.99 Å². The zero-order valence-corrected chi connectivity index (χ0v) is 8.50. The van der Waals surface area contributed by atoms with E-state index in [0.717, 1.165) is 0 Å². The number of hydrogen-bond donors (Lipinski definition) is 0. The van der Waals surface area contributed by atoms with Crippen LogP contribution in [0.25, 0.3) is 0 Å². The highest BCUT2D eigenvalue weighted by atomic mass is 16.5. The molecule has 0 aliphatic carbocycles. The van der Waals surface area contributed by atoms with E-state index in [0.29, 0.717) is 17.1 Å². The van der Waals surface area contributed by atoms with Gasteiger partial charge in [-0.25, -0.2) is 0 Å². The molecule has 2 aromatic rings. The Kier molecular flexibility index (Phi) is 1.89. The molecule has 1 heterocycles. The van der Waals surface area contributed by atoms with Gasteiger partial charge in [0, 0.05) is 18.2 Å². The van der Waals surface area contributed by atoms with Crippen molar-refractivity contribution in [1.82, 2.24) is 4.65 Å². The number of nitrogens with zero attached hydrogens (tertiary/aromatic N) is 2. The zero-order valence-electron chi connectivity index (χ0n) is 8.50. The van der Waals surface area contributed by atoms with Gasteiger partial charge in [0.15, 0.2) is 5.69 Å². The summed E-state index contributed by atoms with van der Waals surface area (Å²) >= 11 is 0. The Balaban J connectivity index is 2.19. The lowest BCUT2D eigenvalue weighted by Crippen LogP contribution is -2.33. The molecular weight excluding hydrogens is 200 g/mol. The second-order valence-electron chi connectivity index (χ2n) is 3.65. The van der Waals surface area contributed by atoms with Crippen molar-refractivity contribution in [2.45, 2.75) is 0 Å². The van der Waals surface area contributed by atoms with E-state index in [2.05, 4.69) is 11.1 Å². The second kappa shape index (κ2) is 3.27. The van der Waals surface area contributed by atoms with Crippen molar-refractivity contribution >= 4 is 23.4 Å². The molecule has 0 saturated carbocycles. The van der Waals surface area contributed by atoms with Crippen LogP contribution in [0.5, 0.6) is 0 Å². The monoisotopic (exact) mass is 209 g/mol. The minimum atomic E-state index is -0.620.